The van der Waals surface area contributed by atoms with E-state index in [0.717, 1.165) is 21.9 Å². The number of benzene rings is 1. The number of carbonyl (C=O) groups is 1. The quantitative estimate of drug-likeness (QED) is 0.753. The molecule has 7 heteroatoms. The SMILES string of the molecule is Cn1cc(-c2ccc3cnc(NC(=O)C4(C)CN(CCF)C4)cc3c2)cn1. The van der Waals surface area contributed by atoms with Gasteiger partial charge in [0.1, 0.15) is 12.5 Å². The van der Waals surface area contributed by atoms with E-state index in [1.807, 2.05) is 49.5 Å². The molecule has 0 aliphatic carbocycles. The number of hydrogen-bond donors (Lipinski definition) is 1. The van der Waals surface area contributed by atoms with Crippen molar-refractivity contribution in [3.05, 3.63) is 42.9 Å². The molecule has 1 fully saturated rings. The molecule has 0 radical (unpaired) electrons. The number of alkyl halides is 1. The molecule has 27 heavy (non-hydrogen) atoms. The van der Waals surface area contributed by atoms with Gasteiger partial charge in [0.05, 0.1) is 11.6 Å². The molecule has 4 rings (SSSR count). The maximum absolute atomic E-state index is 12.6. The van der Waals surface area contributed by atoms with E-state index in [1.165, 1.54) is 0 Å². The van der Waals surface area contributed by atoms with Crippen molar-refractivity contribution < 1.29 is 9.18 Å². The van der Waals surface area contributed by atoms with Crippen LogP contribution in [0.5, 0.6) is 0 Å². The molecule has 1 N–H and O–H groups in total. The first-order chi connectivity index (χ1) is 13.0. The highest BCUT2D eigenvalue weighted by Crippen LogP contribution is 2.31. The zero-order valence-corrected chi connectivity index (χ0v) is 15.4. The minimum Gasteiger partial charge on any atom is -0.310 e. The summed E-state index contributed by atoms with van der Waals surface area (Å²) >= 11 is 0. The third-order valence-electron chi connectivity index (χ3n) is 5.10. The first-order valence-electron chi connectivity index (χ1n) is 8.95. The van der Waals surface area contributed by atoms with Crippen LogP contribution in [0.4, 0.5) is 10.2 Å². The van der Waals surface area contributed by atoms with E-state index in [0.29, 0.717) is 25.5 Å². The Labute approximate surface area is 157 Å². The van der Waals surface area contributed by atoms with Crippen LogP contribution >= 0.6 is 0 Å². The van der Waals surface area contributed by atoms with Gasteiger partial charge in [0.2, 0.25) is 5.91 Å². The summed E-state index contributed by atoms with van der Waals surface area (Å²) in [6, 6.07) is 8.00. The number of fused-ring (bicyclic) bond motifs is 1. The van der Waals surface area contributed by atoms with Gasteiger partial charge in [-0.05, 0) is 30.0 Å². The molecule has 140 valence electrons. The van der Waals surface area contributed by atoms with Crippen LogP contribution in [0.25, 0.3) is 21.9 Å². The first kappa shape index (κ1) is 17.6. The van der Waals surface area contributed by atoms with Gasteiger partial charge in [-0.25, -0.2) is 9.37 Å². The average molecular weight is 367 g/mol. The van der Waals surface area contributed by atoms with Crippen LogP contribution < -0.4 is 5.32 Å². The smallest absolute Gasteiger partial charge is 0.234 e. The van der Waals surface area contributed by atoms with Gasteiger partial charge in [-0.3, -0.25) is 14.4 Å². The number of carbonyl (C=O) groups excluding carboxylic acids is 1. The largest absolute Gasteiger partial charge is 0.310 e. The van der Waals surface area contributed by atoms with Crippen molar-refractivity contribution in [2.75, 3.05) is 31.6 Å². The third kappa shape index (κ3) is 3.42. The molecular formula is C20H22FN5O. The predicted octanol–water partition coefficient (Wildman–Crippen LogP) is 2.87. The molecule has 3 heterocycles. The molecular weight excluding hydrogens is 345 g/mol. The number of anilines is 1. The van der Waals surface area contributed by atoms with Crippen LogP contribution in [0.2, 0.25) is 0 Å². The number of pyridine rings is 1. The lowest BCUT2D eigenvalue weighted by atomic mass is 9.81. The first-order valence-corrected chi connectivity index (χ1v) is 8.95. The Morgan fingerprint density at radius 1 is 1.22 bits per heavy atom. The van der Waals surface area contributed by atoms with Gasteiger partial charge in [0, 0.05) is 50.0 Å². The molecule has 2 aromatic heterocycles. The summed E-state index contributed by atoms with van der Waals surface area (Å²) in [4.78, 5) is 18.9. The van der Waals surface area contributed by atoms with Gasteiger partial charge < -0.3 is 5.32 Å². The molecule has 0 bridgehead atoms. The summed E-state index contributed by atoms with van der Waals surface area (Å²) in [5.41, 5.74) is 1.60. The molecule has 0 spiro atoms. The molecule has 0 unspecified atom stereocenters. The van der Waals surface area contributed by atoms with E-state index >= 15 is 0 Å². The Kier molecular flexibility index (Phi) is 4.39. The lowest BCUT2D eigenvalue weighted by Crippen LogP contribution is -2.60. The predicted molar refractivity (Wildman–Crippen MR) is 103 cm³/mol. The molecule has 0 atom stereocenters. The highest BCUT2D eigenvalue weighted by atomic mass is 19.1. The monoisotopic (exact) mass is 367 g/mol. The van der Waals surface area contributed by atoms with Gasteiger partial charge in [-0.1, -0.05) is 12.1 Å². The fourth-order valence-corrected chi connectivity index (χ4v) is 3.59. The van der Waals surface area contributed by atoms with Crippen LogP contribution in [-0.4, -0.2) is 51.9 Å². The van der Waals surface area contributed by atoms with E-state index in [4.69, 9.17) is 0 Å². The van der Waals surface area contributed by atoms with Crippen LogP contribution in [0, 0.1) is 5.41 Å². The fraction of sp³-hybridized carbons (Fsp3) is 0.350. The van der Waals surface area contributed by atoms with Gasteiger partial charge in [0.15, 0.2) is 0 Å². The van der Waals surface area contributed by atoms with Crippen LogP contribution in [-0.2, 0) is 11.8 Å². The number of hydrogen-bond acceptors (Lipinski definition) is 4. The summed E-state index contributed by atoms with van der Waals surface area (Å²) in [6.07, 6.45) is 5.55. The number of nitrogens with zero attached hydrogens (tertiary/aromatic N) is 4. The van der Waals surface area contributed by atoms with E-state index in [-0.39, 0.29) is 12.6 Å². The van der Waals surface area contributed by atoms with Gasteiger partial charge in [0.25, 0.3) is 0 Å². The summed E-state index contributed by atoms with van der Waals surface area (Å²) < 4.78 is 14.2. The van der Waals surface area contributed by atoms with Crippen molar-refractivity contribution in [3.63, 3.8) is 0 Å². The number of aryl methyl sites for hydroxylation is 1. The molecule has 0 saturated carbocycles. The molecule has 3 aromatic rings. The van der Waals surface area contributed by atoms with Crippen molar-refractivity contribution in [1.82, 2.24) is 19.7 Å². The second-order valence-electron chi connectivity index (χ2n) is 7.45. The highest BCUT2D eigenvalue weighted by Gasteiger charge is 2.44. The third-order valence-corrected chi connectivity index (χ3v) is 5.10. The highest BCUT2D eigenvalue weighted by molar-refractivity contribution is 5.97. The summed E-state index contributed by atoms with van der Waals surface area (Å²) in [5.74, 6) is 0.453. The lowest BCUT2D eigenvalue weighted by Gasteiger charge is -2.46. The molecule has 1 amide bonds. The Balaban J connectivity index is 1.53. The zero-order valence-electron chi connectivity index (χ0n) is 15.4. The van der Waals surface area contributed by atoms with E-state index in [1.54, 1.807) is 10.9 Å². The minimum absolute atomic E-state index is 0.0760. The van der Waals surface area contributed by atoms with Crippen molar-refractivity contribution in [1.29, 1.82) is 0 Å². The standard InChI is InChI=1S/C20H22FN5O/c1-20(12-26(13-20)6-5-21)19(27)24-18-8-16-7-14(3-4-15(16)9-22-18)17-10-23-25(2)11-17/h3-4,7-11H,5-6,12-13H2,1-2H3,(H,22,24,27). The molecule has 1 saturated heterocycles. The Hall–Kier alpha value is -2.80. The number of amides is 1. The summed E-state index contributed by atoms with van der Waals surface area (Å²) in [5, 5.41) is 9.13. The van der Waals surface area contributed by atoms with Crippen LogP contribution in [0.1, 0.15) is 6.92 Å². The Bertz CT molecular complexity index is 993. The van der Waals surface area contributed by atoms with E-state index < -0.39 is 5.41 Å². The molecule has 6 nitrogen and oxygen atoms in total. The molecule has 1 aliphatic heterocycles. The second kappa shape index (κ2) is 6.74. The Morgan fingerprint density at radius 2 is 2.04 bits per heavy atom. The van der Waals surface area contributed by atoms with Crippen LogP contribution in [0.3, 0.4) is 0 Å². The zero-order chi connectivity index (χ0) is 19.0. The number of rotatable bonds is 5. The number of aromatic nitrogens is 3. The number of halogens is 1. The summed E-state index contributed by atoms with van der Waals surface area (Å²) in [7, 11) is 1.89. The van der Waals surface area contributed by atoms with Gasteiger partial charge in [-0.15, -0.1) is 0 Å². The number of nitrogens with one attached hydrogen (secondary N) is 1. The average Bonchev–Trinajstić information content (AvgIpc) is 3.06. The maximum Gasteiger partial charge on any atom is 0.234 e. The van der Waals surface area contributed by atoms with Crippen molar-refractivity contribution in [2.45, 2.75) is 6.92 Å². The van der Waals surface area contributed by atoms with Crippen molar-refractivity contribution in [3.8, 4) is 11.1 Å². The molecule has 1 aromatic carbocycles. The van der Waals surface area contributed by atoms with Gasteiger partial charge in [-0.2, -0.15) is 5.10 Å². The van der Waals surface area contributed by atoms with E-state index in [9.17, 15) is 9.18 Å². The van der Waals surface area contributed by atoms with Gasteiger partial charge >= 0.3 is 0 Å². The minimum atomic E-state index is -0.497. The maximum atomic E-state index is 12.6. The van der Waals surface area contributed by atoms with E-state index in [2.05, 4.69) is 21.5 Å². The Morgan fingerprint density at radius 3 is 2.74 bits per heavy atom. The topological polar surface area (TPSA) is 63.1 Å². The normalized spacial score (nSPS) is 16.3. The lowest BCUT2D eigenvalue weighted by molar-refractivity contribution is -0.134. The fourth-order valence-electron chi connectivity index (χ4n) is 3.59. The van der Waals surface area contributed by atoms with Crippen molar-refractivity contribution >= 4 is 22.5 Å². The van der Waals surface area contributed by atoms with Crippen LogP contribution in [0.15, 0.2) is 42.9 Å². The second-order valence-corrected chi connectivity index (χ2v) is 7.45. The number of likely N-dealkylation sites (tertiary alicyclic amines) is 1. The molecule has 1 aliphatic rings. The summed E-state index contributed by atoms with van der Waals surface area (Å²) in [6.45, 7) is 3.04. The van der Waals surface area contributed by atoms with Crippen molar-refractivity contribution in [2.24, 2.45) is 12.5 Å².